The first-order valence-corrected chi connectivity index (χ1v) is 6.79. The second kappa shape index (κ2) is 6.90. The molecule has 21 heavy (non-hydrogen) atoms. The smallest absolute Gasteiger partial charge is 0.271 e. The van der Waals surface area contributed by atoms with Crippen molar-refractivity contribution in [2.24, 2.45) is 0 Å². The molecule has 0 unspecified atom stereocenters. The SMILES string of the molecule is CNCCNC(=O)c1ccn(-c2cc(C)ccc2OC)n1. The molecule has 6 nitrogen and oxygen atoms in total. The fourth-order valence-corrected chi connectivity index (χ4v) is 1.95. The molecule has 0 radical (unpaired) electrons. The minimum Gasteiger partial charge on any atom is -0.494 e. The quantitative estimate of drug-likeness (QED) is 0.782. The second-order valence-corrected chi connectivity index (χ2v) is 4.68. The van der Waals surface area contributed by atoms with E-state index in [1.807, 2.05) is 32.2 Å². The van der Waals surface area contributed by atoms with Crippen LogP contribution < -0.4 is 15.4 Å². The van der Waals surface area contributed by atoms with Gasteiger partial charge in [0.05, 0.1) is 7.11 Å². The van der Waals surface area contributed by atoms with Crippen molar-refractivity contribution >= 4 is 5.91 Å². The van der Waals surface area contributed by atoms with Crippen LogP contribution in [-0.2, 0) is 0 Å². The van der Waals surface area contributed by atoms with Crippen LogP contribution in [-0.4, -0.2) is 42.9 Å². The fraction of sp³-hybridized carbons (Fsp3) is 0.333. The summed E-state index contributed by atoms with van der Waals surface area (Å²) in [5.74, 6) is 0.529. The number of carbonyl (C=O) groups excluding carboxylic acids is 1. The molecule has 0 saturated heterocycles. The number of nitrogens with one attached hydrogen (secondary N) is 2. The van der Waals surface area contributed by atoms with Crippen molar-refractivity contribution in [2.75, 3.05) is 27.2 Å². The van der Waals surface area contributed by atoms with E-state index in [0.717, 1.165) is 17.8 Å². The van der Waals surface area contributed by atoms with E-state index in [0.29, 0.717) is 18.0 Å². The van der Waals surface area contributed by atoms with Gasteiger partial charge in [0, 0.05) is 19.3 Å². The summed E-state index contributed by atoms with van der Waals surface area (Å²) < 4.78 is 6.99. The summed E-state index contributed by atoms with van der Waals surface area (Å²) in [6.45, 7) is 3.28. The van der Waals surface area contributed by atoms with Gasteiger partial charge in [-0.3, -0.25) is 4.79 Å². The molecule has 0 bridgehead atoms. The molecule has 1 amide bonds. The Morgan fingerprint density at radius 3 is 2.86 bits per heavy atom. The predicted octanol–water partition coefficient (Wildman–Crippen LogP) is 1.14. The number of aryl methyl sites for hydroxylation is 1. The van der Waals surface area contributed by atoms with Crippen LogP contribution in [0.5, 0.6) is 5.75 Å². The molecule has 1 heterocycles. The van der Waals surface area contributed by atoms with Gasteiger partial charge in [0.1, 0.15) is 11.4 Å². The lowest BCUT2D eigenvalue weighted by molar-refractivity contribution is 0.0948. The Balaban J connectivity index is 2.20. The van der Waals surface area contributed by atoms with E-state index in [1.54, 1.807) is 24.1 Å². The topological polar surface area (TPSA) is 68.2 Å². The molecule has 6 heteroatoms. The Bertz CT molecular complexity index is 622. The summed E-state index contributed by atoms with van der Waals surface area (Å²) in [7, 11) is 3.45. The number of likely N-dealkylation sites (N-methyl/N-ethyl adjacent to an activating group) is 1. The second-order valence-electron chi connectivity index (χ2n) is 4.68. The molecule has 0 saturated carbocycles. The summed E-state index contributed by atoms with van der Waals surface area (Å²) >= 11 is 0. The minimum absolute atomic E-state index is 0.185. The number of rotatable bonds is 6. The highest BCUT2D eigenvalue weighted by Crippen LogP contribution is 2.23. The zero-order valence-electron chi connectivity index (χ0n) is 12.5. The van der Waals surface area contributed by atoms with Crippen molar-refractivity contribution in [2.45, 2.75) is 6.92 Å². The van der Waals surface area contributed by atoms with Crippen LogP contribution >= 0.6 is 0 Å². The van der Waals surface area contributed by atoms with E-state index in [4.69, 9.17) is 4.74 Å². The average molecular weight is 288 g/mol. The summed E-state index contributed by atoms with van der Waals surface area (Å²) in [5.41, 5.74) is 2.29. The number of carbonyl (C=O) groups is 1. The Labute approximate surface area is 124 Å². The number of aromatic nitrogens is 2. The van der Waals surface area contributed by atoms with Gasteiger partial charge in [-0.25, -0.2) is 4.68 Å². The van der Waals surface area contributed by atoms with Gasteiger partial charge in [0.15, 0.2) is 5.69 Å². The number of amides is 1. The third-order valence-corrected chi connectivity index (χ3v) is 3.06. The lowest BCUT2D eigenvalue weighted by Crippen LogP contribution is -2.30. The van der Waals surface area contributed by atoms with Crippen LogP contribution in [0, 0.1) is 6.92 Å². The minimum atomic E-state index is -0.185. The molecular weight excluding hydrogens is 268 g/mol. The van der Waals surface area contributed by atoms with Gasteiger partial charge in [-0.1, -0.05) is 6.07 Å². The Morgan fingerprint density at radius 2 is 2.14 bits per heavy atom. The monoisotopic (exact) mass is 288 g/mol. The first kappa shape index (κ1) is 15.1. The van der Waals surface area contributed by atoms with Crippen molar-refractivity contribution in [1.82, 2.24) is 20.4 Å². The third kappa shape index (κ3) is 3.61. The van der Waals surface area contributed by atoms with Crippen molar-refractivity contribution in [1.29, 1.82) is 0 Å². The average Bonchev–Trinajstić information content (AvgIpc) is 2.97. The maximum atomic E-state index is 11.9. The van der Waals surface area contributed by atoms with Crippen molar-refractivity contribution in [3.8, 4) is 11.4 Å². The molecule has 0 fully saturated rings. The lowest BCUT2D eigenvalue weighted by Gasteiger charge is -2.09. The first-order chi connectivity index (χ1) is 10.2. The molecule has 0 atom stereocenters. The third-order valence-electron chi connectivity index (χ3n) is 3.06. The van der Waals surface area contributed by atoms with E-state index in [9.17, 15) is 4.79 Å². The lowest BCUT2D eigenvalue weighted by atomic mass is 10.2. The number of nitrogens with zero attached hydrogens (tertiary/aromatic N) is 2. The van der Waals surface area contributed by atoms with Crippen LogP contribution in [0.25, 0.3) is 5.69 Å². The zero-order valence-corrected chi connectivity index (χ0v) is 12.5. The maximum Gasteiger partial charge on any atom is 0.271 e. The van der Waals surface area contributed by atoms with Crippen LogP contribution in [0.2, 0.25) is 0 Å². The Hall–Kier alpha value is -2.34. The van der Waals surface area contributed by atoms with Crippen LogP contribution in [0.15, 0.2) is 30.5 Å². The largest absolute Gasteiger partial charge is 0.494 e. The Kier molecular flexibility index (Phi) is 4.94. The van der Waals surface area contributed by atoms with Gasteiger partial charge in [0.25, 0.3) is 5.91 Å². The fourth-order valence-electron chi connectivity index (χ4n) is 1.95. The van der Waals surface area contributed by atoms with Gasteiger partial charge in [0.2, 0.25) is 0 Å². The maximum absolute atomic E-state index is 11.9. The predicted molar refractivity (Wildman–Crippen MR) is 81.1 cm³/mol. The van der Waals surface area contributed by atoms with Gasteiger partial charge in [-0.05, 0) is 37.7 Å². The zero-order chi connectivity index (χ0) is 15.2. The summed E-state index contributed by atoms with van der Waals surface area (Å²) in [4.78, 5) is 11.9. The van der Waals surface area contributed by atoms with E-state index < -0.39 is 0 Å². The van der Waals surface area contributed by atoms with Gasteiger partial charge in [-0.2, -0.15) is 5.10 Å². The number of methoxy groups -OCH3 is 1. The summed E-state index contributed by atoms with van der Waals surface area (Å²) in [6, 6.07) is 7.52. The molecule has 0 aliphatic rings. The van der Waals surface area contributed by atoms with E-state index in [1.165, 1.54) is 0 Å². The van der Waals surface area contributed by atoms with E-state index >= 15 is 0 Å². The van der Waals surface area contributed by atoms with E-state index in [-0.39, 0.29) is 5.91 Å². The highest BCUT2D eigenvalue weighted by atomic mass is 16.5. The standard InChI is InChI=1S/C15H20N4O2/c1-11-4-5-14(21-3)13(10-11)19-9-6-12(18-19)15(20)17-8-7-16-2/h4-6,9-10,16H,7-8H2,1-3H3,(H,17,20). The van der Waals surface area contributed by atoms with Crippen molar-refractivity contribution in [3.05, 3.63) is 41.7 Å². The highest BCUT2D eigenvalue weighted by molar-refractivity contribution is 5.92. The van der Waals surface area contributed by atoms with Crippen LogP contribution in [0.4, 0.5) is 0 Å². The van der Waals surface area contributed by atoms with Crippen LogP contribution in [0.3, 0.4) is 0 Å². The van der Waals surface area contributed by atoms with Crippen LogP contribution in [0.1, 0.15) is 16.1 Å². The molecule has 2 N–H and O–H groups in total. The molecular formula is C15H20N4O2. The molecule has 112 valence electrons. The highest BCUT2D eigenvalue weighted by Gasteiger charge is 2.12. The summed E-state index contributed by atoms with van der Waals surface area (Å²) in [6.07, 6.45) is 1.75. The summed E-state index contributed by atoms with van der Waals surface area (Å²) in [5, 5.41) is 10.1. The molecule has 1 aromatic heterocycles. The number of benzene rings is 1. The number of ether oxygens (including phenoxy) is 1. The first-order valence-electron chi connectivity index (χ1n) is 6.79. The van der Waals surface area contributed by atoms with E-state index in [2.05, 4.69) is 15.7 Å². The normalized spacial score (nSPS) is 10.4. The Morgan fingerprint density at radius 1 is 1.33 bits per heavy atom. The molecule has 2 rings (SSSR count). The molecule has 0 aliphatic carbocycles. The van der Waals surface area contributed by atoms with Gasteiger partial charge >= 0.3 is 0 Å². The number of hydrogen-bond acceptors (Lipinski definition) is 4. The van der Waals surface area contributed by atoms with Crippen molar-refractivity contribution in [3.63, 3.8) is 0 Å². The van der Waals surface area contributed by atoms with Gasteiger partial charge in [-0.15, -0.1) is 0 Å². The molecule has 0 spiro atoms. The molecule has 0 aliphatic heterocycles. The van der Waals surface area contributed by atoms with Crippen molar-refractivity contribution < 1.29 is 9.53 Å². The van der Waals surface area contributed by atoms with Gasteiger partial charge < -0.3 is 15.4 Å². The molecule has 1 aromatic carbocycles. The number of hydrogen-bond donors (Lipinski definition) is 2. The molecule has 2 aromatic rings.